The van der Waals surface area contributed by atoms with Crippen molar-refractivity contribution in [3.8, 4) is 0 Å². The molecule has 0 radical (unpaired) electrons. The van der Waals surface area contributed by atoms with Gasteiger partial charge in [0.15, 0.2) is 5.96 Å². The average Bonchev–Trinajstić information content (AvgIpc) is 3.32. The molecule has 1 aliphatic rings. The summed E-state index contributed by atoms with van der Waals surface area (Å²) in [5.41, 5.74) is 1.41. The zero-order valence-electron chi connectivity index (χ0n) is 15.7. The quantitative estimate of drug-likeness (QED) is 0.300. The Labute approximate surface area is 169 Å². The number of aliphatic hydroxyl groups is 1. The van der Waals surface area contributed by atoms with Crippen molar-refractivity contribution >= 4 is 29.9 Å². The maximum Gasteiger partial charge on any atom is 0.191 e. The summed E-state index contributed by atoms with van der Waals surface area (Å²) in [7, 11) is 0. The molecule has 3 unspecified atom stereocenters. The molecule has 142 valence electrons. The Bertz CT molecular complexity index is 507. The average molecular weight is 459 g/mol. The number of aliphatic imine (C=N–C) groups is 1. The van der Waals surface area contributed by atoms with Gasteiger partial charge in [0.25, 0.3) is 0 Å². The Kier molecular flexibility index (Phi) is 10.4. The molecule has 0 spiro atoms. The van der Waals surface area contributed by atoms with Gasteiger partial charge in [0.05, 0.1) is 0 Å². The highest BCUT2D eigenvalue weighted by atomic mass is 127. The second-order valence-corrected chi connectivity index (χ2v) is 7.23. The highest BCUT2D eigenvalue weighted by Gasteiger charge is 2.38. The van der Waals surface area contributed by atoms with Crippen LogP contribution in [0, 0.1) is 11.8 Å². The molecule has 0 aliphatic heterocycles. The molecule has 2 rings (SSSR count). The molecule has 3 N–H and O–H groups in total. The van der Waals surface area contributed by atoms with Crippen LogP contribution in [0.1, 0.15) is 51.5 Å². The van der Waals surface area contributed by atoms with E-state index in [1.54, 1.807) is 0 Å². The highest BCUT2D eigenvalue weighted by molar-refractivity contribution is 14.0. The molecular weight excluding hydrogens is 425 g/mol. The molecule has 3 atom stereocenters. The zero-order valence-corrected chi connectivity index (χ0v) is 18.1. The van der Waals surface area contributed by atoms with Crippen LogP contribution in [0.5, 0.6) is 0 Å². The van der Waals surface area contributed by atoms with Gasteiger partial charge in [0.2, 0.25) is 0 Å². The van der Waals surface area contributed by atoms with Gasteiger partial charge in [0, 0.05) is 31.7 Å². The monoisotopic (exact) mass is 459 g/mol. The molecule has 1 aromatic carbocycles. The van der Waals surface area contributed by atoms with E-state index < -0.39 is 0 Å². The van der Waals surface area contributed by atoms with Gasteiger partial charge in [-0.3, -0.25) is 4.99 Å². The van der Waals surface area contributed by atoms with Crippen molar-refractivity contribution in [1.82, 2.24) is 10.6 Å². The minimum atomic E-state index is 0. The number of aliphatic hydroxyl groups excluding tert-OH is 1. The summed E-state index contributed by atoms with van der Waals surface area (Å²) in [6.45, 7) is 8.44. The summed E-state index contributed by atoms with van der Waals surface area (Å²) >= 11 is 0. The lowest BCUT2D eigenvalue weighted by Crippen LogP contribution is -2.39. The molecule has 25 heavy (non-hydrogen) atoms. The van der Waals surface area contributed by atoms with Crippen molar-refractivity contribution in [3.63, 3.8) is 0 Å². The largest absolute Gasteiger partial charge is 0.396 e. The summed E-state index contributed by atoms with van der Waals surface area (Å²) in [5, 5.41) is 16.2. The first-order chi connectivity index (χ1) is 11.6. The van der Waals surface area contributed by atoms with Crippen LogP contribution in [-0.4, -0.2) is 36.8 Å². The molecule has 1 fully saturated rings. The number of nitrogens with zero attached hydrogens (tertiary/aromatic N) is 1. The summed E-state index contributed by atoms with van der Waals surface area (Å²) in [6, 6.07) is 11.2. The van der Waals surface area contributed by atoms with Gasteiger partial charge in [-0.05, 0) is 43.6 Å². The van der Waals surface area contributed by atoms with E-state index in [0.29, 0.717) is 23.8 Å². The van der Waals surface area contributed by atoms with E-state index >= 15 is 0 Å². The van der Waals surface area contributed by atoms with Gasteiger partial charge >= 0.3 is 0 Å². The number of benzene rings is 1. The molecule has 0 heterocycles. The van der Waals surface area contributed by atoms with Crippen LogP contribution in [0.15, 0.2) is 35.3 Å². The maximum atomic E-state index is 9.25. The molecule has 0 aromatic heterocycles. The zero-order chi connectivity index (χ0) is 17.4. The van der Waals surface area contributed by atoms with E-state index in [1.807, 2.05) is 0 Å². The van der Waals surface area contributed by atoms with Crippen molar-refractivity contribution in [2.24, 2.45) is 16.8 Å². The normalized spacial score (nSPS) is 20.8. The molecule has 5 heteroatoms. The Morgan fingerprint density at radius 2 is 2.00 bits per heavy atom. The lowest BCUT2D eigenvalue weighted by atomic mass is 9.94. The Hall–Kier alpha value is -0.820. The predicted molar refractivity (Wildman–Crippen MR) is 117 cm³/mol. The summed E-state index contributed by atoms with van der Waals surface area (Å²) in [5.74, 6) is 2.60. The second kappa shape index (κ2) is 11.7. The van der Waals surface area contributed by atoms with Crippen molar-refractivity contribution < 1.29 is 5.11 Å². The van der Waals surface area contributed by atoms with Gasteiger partial charge in [-0.1, -0.05) is 44.2 Å². The first-order valence-electron chi connectivity index (χ1n) is 9.34. The van der Waals surface area contributed by atoms with E-state index in [0.717, 1.165) is 31.9 Å². The van der Waals surface area contributed by atoms with Crippen LogP contribution in [0.25, 0.3) is 0 Å². The number of guanidine groups is 1. The van der Waals surface area contributed by atoms with Crippen molar-refractivity contribution in [1.29, 1.82) is 0 Å². The predicted octanol–water partition coefficient (Wildman–Crippen LogP) is 3.76. The molecule has 4 nitrogen and oxygen atoms in total. The Morgan fingerprint density at radius 3 is 2.60 bits per heavy atom. The van der Waals surface area contributed by atoms with E-state index in [1.165, 1.54) is 12.0 Å². The SMILES string of the molecule is CCNC(=NCC(CCO)CC(C)C)NC1CC1c1ccccc1.I. The van der Waals surface area contributed by atoms with Crippen LogP contribution in [0.4, 0.5) is 0 Å². The van der Waals surface area contributed by atoms with Crippen molar-refractivity contribution in [2.45, 2.75) is 52.0 Å². The molecule has 0 saturated heterocycles. The third-order valence-electron chi connectivity index (χ3n) is 4.53. The number of nitrogens with one attached hydrogen (secondary N) is 2. The maximum absolute atomic E-state index is 9.25. The molecule has 1 aromatic rings. The van der Waals surface area contributed by atoms with Crippen LogP contribution < -0.4 is 10.6 Å². The summed E-state index contributed by atoms with van der Waals surface area (Å²) in [4.78, 5) is 4.78. The summed E-state index contributed by atoms with van der Waals surface area (Å²) < 4.78 is 0. The molecule has 0 amide bonds. The highest BCUT2D eigenvalue weighted by Crippen LogP contribution is 2.40. The van der Waals surface area contributed by atoms with Crippen molar-refractivity contribution in [3.05, 3.63) is 35.9 Å². The Morgan fingerprint density at radius 1 is 1.28 bits per heavy atom. The second-order valence-electron chi connectivity index (χ2n) is 7.23. The fourth-order valence-electron chi connectivity index (χ4n) is 3.27. The lowest BCUT2D eigenvalue weighted by Gasteiger charge is -2.17. The third kappa shape index (κ3) is 7.94. The van der Waals surface area contributed by atoms with Gasteiger partial charge in [-0.2, -0.15) is 0 Å². The molecule has 1 aliphatic carbocycles. The van der Waals surface area contributed by atoms with Gasteiger partial charge in [-0.15, -0.1) is 24.0 Å². The standard InChI is InChI=1S/C20H33N3O.HI/c1-4-21-20(22-14-16(10-11-24)12-15(2)3)23-19-13-18(19)17-8-6-5-7-9-17;/h5-9,15-16,18-19,24H,4,10-14H2,1-3H3,(H2,21,22,23);1H. The molecule has 1 saturated carbocycles. The van der Waals surface area contributed by atoms with E-state index in [9.17, 15) is 5.11 Å². The first kappa shape index (κ1) is 22.2. The van der Waals surface area contributed by atoms with Crippen LogP contribution in [0.3, 0.4) is 0 Å². The first-order valence-corrected chi connectivity index (χ1v) is 9.34. The fourth-order valence-corrected chi connectivity index (χ4v) is 3.27. The minimum Gasteiger partial charge on any atom is -0.396 e. The van der Waals surface area contributed by atoms with E-state index in [4.69, 9.17) is 4.99 Å². The molecule has 0 bridgehead atoms. The van der Waals surface area contributed by atoms with Gasteiger partial charge in [-0.25, -0.2) is 0 Å². The lowest BCUT2D eigenvalue weighted by molar-refractivity contribution is 0.245. The minimum absolute atomic E-state index is 0. The van der Waals surface area contributed by atoms with Gasteiger partial charge < -0.3 is 15.7 Å². The van der Waals surface area contributed by atoms with Crippen molar-refractivity contribution in [2.75, 3.05) is 19.7 Å². The van der Waals surface area contributed by atoms with E-state index in [2.05, 4.69) is 61.7 Å². The fraction of sp³-hybridized carbons (Fsp3) is 0.650. The summed E-state index contributed by atoms with van der Waals surface area (Å²) in [6.07, 6.45) is 3.11. The number of hydrogen-bond acceptors (Lipinski definition) is 2. The topological polar surface area (TPSA) is 56.7 Å². The third-order valence-corrected chi connectivity index (χ3v) is 4.53. The Balaban J connectivity index is 0.00000312. The van der Waals surface area contributed by atoms with Gasteiger partial charge in [0.1, 0.15) is 0 Å². The molecular formula is C20H34IN3O. The van der Waals surface area contributed by atoms with Crippen LogP contribution in [0.2, 0.25) is 0 Å². The number of halogens is 1. The smallest absolute Gasteiger partial charge is 0.191 e. The van der Waals surface area contributed by atoms with Crippen LogP contribution in [-0.2, 0) is 0 Å². The number of rotatable bonds is 9. The van der Waals surface area contributed by atoms with Crippen LogP contribution >= 0.6 is 24.0 Å². The van der Waals surface area contributed by atoms with E-state index in [-0.39, 0.29) is 30.6 Å². The number of hydrogen-bond donors (Lipinski definition) is 3.